The van der Waals surface area contributed by atoms with Crippen LogP contribution in [-0.2, 0) is 4.74 Å². The van der Waals surface area contributed by atoms with Crippen LogP contribution < -0.4 is 9.64 Å². The quantitative estimate of drug-likeness (QED) is 0.727. The molecule has 0 spiro atoms. The number of fused-ring (bicyclic) bond motifs is 1. The molecule has 1 aliphatic rings. The topological polar surface area (TPSA) is 38.8 Å². The lowest BCUT2D eigenvalue weighted by Gasteiger charge is -2.24. The van der Waals surface area contributed by atoms with Gasteiger partial charge in [-0.2, -0.15) is 0 Å². The van der Waals surface area contributed by atoms with E-state index in [9.17, 15) is 4.79 Å². The van der Waals surface area contributed by atoms with Gasteiger partial charge in [0.2, 0.25) is 0 Å². The van der Waals surface area contributed by atoms with Crippen LogP contribution >= 0.6 is 0 Å². The zero-order valence-corrected chi connectivity index (χ0v) is 9.27. The molecule has 0 saturated heterocycles. The molecule has 16 heavy (non-hydrogen) atoms. The average Bonchev–Trinajstić information content (AvgIpc) is 2.36. The smallest absolute Gasteiger partial charge is 0.414 e. The number of carbonyl (C=O) groups is 1. The number of hydrogen-bond acceptors (Lipinski definition) is 3. The fourth-order valence-corrected chi connectivity index (χ4v) is 1.71. The fourth-order valence-electron chi connectivity index (χ4n) is 1.71. The van der Waals surface area contributed by atoms with Gasteiger partial charge < -0.3 is 9.47 Å². The summed E-state index contributed by atoms with van der Waals surface area (Å²) < 4.78 is 9.86. The minimum atomic E-state index is -0.351. The van der Waals surface area contributed by atoms with E-state index in [1.807, 2.05) is 30.4 Å². The van der Waals surface area contributed by atoms with Crippen molar-refractivity contribution in [3.05, 3.63) is 29.8 Å². The molecule has 0 saturated carbocycles. The maximum atomic E-state index is 11.5. The van der Waals surface area contributed by atoms with E-state index in [0.717, 1.165) is 17.0 Å². The Morgan fingerprint density at radius 3 is 2.88 bits per heavy atom. The lowest BCUT2D eigenvalue weighted by Crippen LogP contribution is -2.32. The second kappa shape index (κ2) is 4.26. The molecule has 1 aromatic rings. The number of ether oxygens (including phenoxy) is 2. The highest BCUT2D eigenvalue weighted by molar-refractivity contribution is 5.92. The van der Waals surface area contributed by atoms with Crippen LogP contribution in [0.25, 0.3) is 6.08 Å². The Hall–Kier alpha value is -1.97. The lowest BCUT2D eigenvalue weighted by molar-refractivity contribution is 0.179. The first-order valence-electron chi connectivity index (χ1n) is 4.96. The van der Waals surface area contributed by atoms with Crippen molar-refractivity contribution in [3.8, 4) is 5.75 Å². The van der Waals surface area contributed by atoms with E-state index in [1.165, 1.54) is 7.11 Å². The molecule has 84 valence electrons. The van der Waals surface area contributed by atoms with E-state index in [-0.39, 0.29) is 6.09 Å². The van der Waals surface area contributed by atoms with Crippen molar-refractivity contribution in [3.63, 3.8) is 0 Å². The van der Waals surface area contributed by atoms with Crippen LogP contribution in [0.3, 0.4) is 0 Å². The van der Waals surface area contributed by atoms with Gasteiger partial charge in [-0.15, -0.1) is 0 Å². The summed E-state index contributed by atoms with van der Waals surface area (Å²) in [6.45, 7) is 0.534. The summed E-state index contributed by atoms with van der Waals surface area (Å²) in [5.41, 5.74) is 1.80. The van der Waals surface area contributed by atoms with Gasteiger partial charge in [-0.05, 0) is 18.2 Å². The van der Waals surface area contributed by atoms with E-state index in [1.54, 1.807) is 12.0 Å². The van der Waals surface area contributed by atoms with E-state index in [4.69, 9.17) is 9.47 Å². The van der Waals surface area contributed by atoms with Crippen LogP contribution in [0.4, 0.5) is 10.5 Å². The normalized spacial score (nSPS) is 13.2. The predicted molar refractivity (Wildman–Crippen MR) is 61.8 cm³/mol. The summed E-state index contributed by atoms with van der Waals surface area (Å²) in [4.78, 5) is 13.1. The van der Waals surface area contributed by atoms with Gasteiger partial charge in [0.15, 0.2) is 0 Å². The van der Waals surface area contributed by atoms with Gasteiger partial charge in [-0.1, -0.05) is 12.2 Å². The van der Waals surface area contributed by atoms with Crippen LogP contribution in [-0.4, -0.2) is 26.9 Å². The van der Waals surface area contributed by atoms with E-state index < -0.39 is 0 Å². The highest BCUT2D eigenvalue weighted by atomic mass is 16.5. The predicted octanol–water partition coefficient (Wildman–Crippen LogP) is 2.29. The third-order valence-corrected chi connectivity index (χ3v) is 2.51. The molecule has 0 aromatic heterocycles. The number of anilines is 1. The molecule has 4 nitrogen and oxygen atoms in total. The highest BCUT2D eigenvalue weighted by Gasteiger charge is 2.20. The second-order valence-electron chi connectivity index (χ2n) is 3.41. The van der Waals surface area contributed by atoms with Gasteiger partial charge in [-0.25, -0.2) is 4.79 Å². The second-order valence-corrected chi connectivity index (χ2v) is 3.41. The lowest BCUT2D eigenvalue weighted by atomic mass is 10.1. The summed E-state index contributed by atoms with van der Waals surface area (Å²) in [6.07, 6.45) is 3.53. The first-order valence-corrected chi connectivity index (χ1v) is 4.96. The van der Waals surface area contributed by atoms with Gasteiger partial charge in [0.25, 0.3) is 0 Å². The minimum absolute atomic E-state index is 0.351. The Bertz CT molecular complexity index is 440. The zero-order valence-electron chi connectivity index (χ0n) is 9.27. The van der Waals surface area contributed by atoms with Crippen molar-refractivity contribution in [1.82, 2.24) is 0 Å². The molecule has 2 rings (SSSR count). The summed E-state index contributed by atoms with van der Waals surface area (Å²) >= 11 is 0. The van der Waals surface area contributed by atoms with Crippen LogP contribution in [0.1, 0.15) is 5.56 Å². The first kappa shape index (κ1) is 10.5. The van der Waals surface area contributed by atoms with E-state index in [0.29, 0.717) is 6.54 Å². The Morgan fingerprint density at radius 2 is 2.19 bits per heavy atom. The van der Waals surface area contributed by atoms with Crippen molar-refractivity contribution in [2.45, 2.75) is 0 Å². The monoisotopic (exact) mass is 219 g/mol. The minimum Gasteiger partial charge on any atom is -0.497 e. The molecule has 0 aliphatic carbocycles. The molecule has 1 heterocycles. The van der Waals surface area contributed by atoms with Crippen molar-refractivity contribution in [2.75, 3.05) is 25.7 Å². The molecule has 1 amide bonds. The molecule has 1 aliphatic heterocycles. The standard InChI is InChI=1S/C12H13NO3/c1-15-10-5-6-11-9(8-10)4-3-7-13(11)12(14)16-2/h3-6,8H,7H2,1-2H3. The number of amides is 1. The Balaban J connectivity index is 2.40. The van der Waals surface area contributed by atoms with Crippen LogP contribution in [0, 0.1) is 0 Å². The third-order valence-electron chi connectivity index (χ3n) is 2.51. The Morgan fingerprint density at radius 1 is 1.38 bits per heavy atom. The molecule has 0 N–H and O–H groups in total. The summed E-state index contributed by atoms with van der Waals surface area (Å²) in [5.74, 6) is 0.773. The van der Waals surface area contributed by atoms with Crippen molar-refractivity contribution < 1.29 is 14.3 Å². The maximum absolute atomic E-state index is 11.5. The molecule has 1 aromatic carbocycles. The highest BCUT2D eigenvalue weighted by Crippen LogP contribution is 2.29. The van der Waals surface area contributed by atoms with Crippen molar-refractivity contribution in [2.24, 2.45) is 0 Å². The molecule has 0 bridgehead atoms. The van der Waals surface area contributed by atoms with Gasteiger partial charge >= 0.3 is 6.09 Å². The van der Waals surface area contributed by atoms with Gasteiger partial charge in [0.05, 0.1) is 19.9 Å². The Labute approximate surface area is 94.1 Å². The van der Waals surface area contributed by atoms with Gasteiger partial charge in [0, 0.05) is 12.1 Å². The number of rotatable bonds is 1. The SMILES string of the molecule is COC(=O)N1CC=Cc2cc(OC)ccc21. The summed E-state index contributed by atoms with van der Waals surface area (Å²) in [5, 5.41) is 0. The first-order chi connectivity index (χ1) is 7.76. The number of nitrogens with zero attached hydrogens (tertiary/aromatic N) is 1. The zero-order chi connectivity index (χ0) is 11.5. The van der Waals surface area contributed by atoms with Crippen LogP contribution in [0.2, 0.25) is 0 Å². The van der Waals surface area contributed by atoms with Gasteiger partial charge in [-0.3, -0.25) is 4.90 Å². The molecule has 0 fully saturated rings. The third kappa shape index (κ3) is 1.74. The maximum Gasteiger partial charge on any atom is 0.414 e. The number of hydrogen-bond donors (Lipinski definition) is 0. The largest absolute Gasteiger partial charge is 0.497 e. The van der Waals surface area contributed by atoms with Gasteiger partial charge in [0.1, 0.15) is 5.75 Å². The average molecular weight is 219 g/mol. The van der Waals surface area contributed by atoms with Crippen molar-refractivity contribution >= 4 is 17.9 Å². The molecule has 4 heteroatoms. The number of carbonyl (C=O) groups excluding carboxylic acids is 1. The summed E-state index contributed by atoms with van der Waals surface area (Å²) in [6, 6.07) is 5.57. The van der Waals surface area contributed by atoms with Crippen LogP contribution in [0.5, 0.6) is 5.75 Å². The molecule has 0 unspecified atom stereocenters. The molecular weight excluding hydrogens is 206 g/mol. The Kier molecular flexibility index (Phi) is 2.81. The molecule has 0 atom stereocenters. The fraction of sp³-hybridized carbons (Fsp3) is 0.250. The summed E-state index contributed by atoms with van der Waals surface area (Å²) in [7, 11) is 3.00. The van der Waals surface area contributed by atoms with Crippen LogP contribution in [0.15, 0.2) is 24.3 Å². The van der Waals surface area contributed by atoms with E-state index in [2.05, 4.69) is 0 Å². The van der Waals surface area contributed by atoms with Crippen molar-refractivity contribution in [1.29, 1.82) is 0 Å². The number of methoxy groups -OCH3 is 2. The number of benzene rings is 1. The molecular formula is C12H13NO3. The van der Waals surface area contributed by atoms with E-state index >= 15 is 0 Å². The molecule has 0 radical (unpaired) electrons.